The zero-order valence-electron chi connectivity index (χ0n) is 18.0. The van der Waals surface area contributed by atoms with Gasteiger partial charge in [-0.1, -0.05) is 26.0 Å². The van der Waals surface area contributed by atoms with Crippen molar-refractivity contribution in [1.82, 2.24) is 15.5 Å². The summed E-state index contributed by atoms with van der Waals surface area (Å²) < 4.78 is 5.50. The van der Waals surface area contributed by atoms with Crippen LogP contribution in [0.1, 0.15) is 33.1 Å². The molecule has 0 atom stereocenters. The molecule has 1 saturated heterocycles. The quantitative estimate of drug-likeness (QED) is 0.416. The summed E-state index contributed by atoms with van der Waals surface area (Å²) in [5.41, 5.74) is 0.861. The first kappa shape index (κ1) is 21.4. The Hall–Kier alpha value is -2.28. The van der Waals surface area contributed by atoms with Gasteiger partial charge in [-0.05, 0) is 37.3 Å². The largest absolute Gasteiger partial charge is 0.482 e. The number of guanidine groups is 1. The summed E-state index contributed by atoms with van der Waals surface area (Å²) in [4.78, 5) is 21.0. The number of para-hydroxylation sites is 2. The molecule has 1 aromatic carbocycles. The molecule has 29 heavy (non-hydrogen) atoms. The maximum Gasteiger partial charge on any atom is 0.265 e. The number of nitrogens with zero attached hydrogens (tertiary/aromatic N) is 3. The second-order valence-corrected chi connectivity index (χ2v) is 8.27. The van der Waals surface area contributed by atoms with E-state index in [9.17, 15) is 4.79 Å². The molecule has 2 aliphatic rings. The van der Waals surface area contributed by atoms with Crippen LogP contribution in [0.5, 0.6) is 5.75 Å². The van der Waals surface area contributed by atoms with Crippen LogP contribution in [0, 0.1) is 5.92 Å². The van der Waals surface area contributed by atoms with E-state index >= 15 is 0 Å². The van der Waals surface area contributed by atoms with E-state index in [-0.39, 0.29) is 12.5 Å². The van der Waals surface area contributed by atoms with Crippen LogP contribution in [0.25, 0.3) is 0 Å². The van der Waals surface area contributed by atoms with Gasteiger partial charge in [0.25, 0.3) is 5.91 Å². The number of likely N-dealkylation sites (tertiary alicyclic amines) is 1. The van der Waals surface area contributed by atoms with Crippen LogP contribution in [0.4, 0.5) is 5.69 Å². The number of rotatable bonds is 7. The molecule has 0 radical (unpaired) electrons. The van der Waals surface area contributed by atoms with E-state index in [4.69, 9.17) is 4.74 Å². The van der Waals surface area contributed by atoms with Crippen LogP contribution in [0.2, 0.25) is 0 Å². The zero-order chi connectivity index (χ0) is 20.6. The highest BCUT2D eigenvalue weighted by molar-refractivity contribution is 5.97. The summed E-state index contributed by atoms with van der Waals surface area (Å²) in [5, 5.41) is 6.95. The average molecular weight is 402 g/mol. The number of amides is 1. The van der Waals surface area contributed by atoms with Gasteiger partial charge in [-0.2, -0.15) is 0 Å². The van der Waals surface area contributed by atoms with Crippen LogP contribution in [0.3, 0.4) is 0 Å². The number of carbonyl (C=O) groups excluding carboxylic acids is 1. The molecule has 2 aliphatic heterocycles. The van der Waals surface area contributed by atoms with Gasteiger partial charge < -0.3 is 25.2 Å². The number of aliphatic imine (C=N–C) groups is 1. The Bertz CT molecular complexity index is 698. The van der Waals surface area contributed by atoms with E-state index in [0.717, 1.165) is 62.2 Å². The zero-order valence-corrected chi connectivity index (χ0v) is 18.0. The molecule has 7 heteroatoms. The van der Waals surface area contributed by atoms with Crippen LogP contribution < -0.4 is 20.3 Å². The molecule has 1 fully saturated rings. The molecule has 0 saturated carbocycles. The van der Waals surface area contributed by atoms with E-state index < -0.39 is 0 Å². The summed E-state index contributed by atoms with van der Waals surface area (Å²) in [6, 6.07) is 8.18. The number of fused-ring (bicyclic) bond motifs is 1. The van der Waals surface area contributed by atoms with Crippen molar-refractivity contribution in [2.24, 2.45) is 10.9 Å². The van der Waals surface area contributed by atoms with Gasteiger partial charge >= 0.3 is 0 Å². The SMILES string of the molecule is CN=C(NCCCN1C(=O)COc2ccccc21)NC1CCN(CC(C)C)CC1. The highest BCUT2D eigenvalue weighted by Crippen LogP contribution is 2.31. The Balaban J connectivity index is 1.39. The van der Waals surface area contributed by atoms with Crippen molar-refractivity contribution in [2.45, 2.75) is 39.2 Å². The van der Waals surface area contributed by atoms with Crippen molar-refractivity contribution in [3.63, 3.8) is 0 Å². The fourth-order valence-electron chi connectivity index (χ4n) is 4.01. The average Bonchev–Trinajstić information content (AvgIpc) is 2.72. The molecule has 1 aromatic rings. The molecule has 160 valence electrons. The van der Waals surface area contributed by atoms with Crippen LogP contribution in [-0.4, -0.2) is 69.2 Å². The van der Waals surface area contributed by atoms with Crippen molar-refractivity contribution >= 4 is 17.6 Å². The summed E-state index contributed by atoms with van der Waals surface area (Å²) in [5.74, 6) is 2.36. The van der Waals surface area contributed by atoms with E-state index in [1.165, 1.54) is 6.54 Å². The van der Waals surface area contributed by atoms with Crippen molar-refractivity contribution in [3.05, 3.63) is 24.3 Å². The number of hydrogen-bond donors (Lipinski definition) is 2. The molecule has 0 spiro atoms. The van der Waals surface area contributed by atoms with Gasteiger partial charge in [-0.25, -0.2) is 0 Å². The smallest absolute Gasteiger partial charge is 0.265 e. The first-order valence-corrected chi connectivity index (χ1v) is 10.8. The Morgan fingerprint density at radius 3 is 2.76 bits per heavy atom. The number of nitrogens with one attached hydrogen (secondary N) is 2. The molecule has 0 aromatic heterocycles. The number of anilines is 1. The maximum atomic E-state index is 12.2. The first-order valence-electron chi connectivity index (χ1n) is 10.8. The number of piperidine rings is 1. The fraction of sp³-hybridized carbons (Fsp3) is 0.636. The van der Waals surface area contributed by atoms with E-state index in [2.05, 4.69) is 34.4 Å². The first-order chi connectivity index (χ1) is 14.1. The summed E-state index contributed by atoms with van der Waals surface area (Å²) >= 11 is 0. The highest BCUT2D eigenvalue weighted by Gasteiger charge is 2.24. The standard InChI is InChI=1S/C22H35N5O2/c1-17(2)15-26-13-9-18(10-14-26)25-22(23-3)24-11-6-12-27-19-7-4-5-8-20(19)29-16-21(27)28/h4-5,7-8,17-18H,6,9-16H2,1-3H3,(H2,23,24,25). The number of benzene rings is 1. The van der Waals surface area contributed by atoms with Gasteiger partial charge in [0.1, 0.15) is 5.75 Å². The van der Waals surface area contributed by atoms with Gasteiger partial charge in [-0.15, -0.1) is 0 Å². The lowest BCUT2D eigenvalue weighted by atomic mass is 10.0. The van der Waals surface area contributed by atoms with Crippen molar-refractivity contribution in [3.8, 4) is 5.75 Å². The van der Waals surface area contributed by atoms with Gasteiger partial charge in [0.15, 0.2) is 12.6 Å². The van der Waals surface area contributed by atoms with Gasteiger partial charge in [0.05, 0.1) is 5.69 Å². The Kier molecular flexibility index (Phi) is 7.75. The third-order valence-electron chi connectivity index (χ3n) is 5.43. The van der Waals surface area contributed by atoms with Gasteiger partial charge in [-0.3, -0.25) is 9.79 Å². The van der Waals surface area contributed by atoms with Crippen LogP contribution >= 0.6 is 0 Å². The molecule has 3 rings (SSSR count). The summed E-state index contributed by atoms with van der Waals surface area (Å²) in [7, 11) is 1.81. The molecular weight excluding hydrogens is 366 g/mol. The van der Waals surface area contributed by atoms with Crippen LogP contribution in [-0.2, 0) is 4.79 Å². The Morgan fingerprint density at radius 1 is 1.28 bits per heavy atom. The van der Waals surface area contributed by atoms with Crippen molar-refractivity contribution < 1.29 is 9.53 Å². The number of hydrogen-bond acceptors (Lipinski definition) is 4. The molecule has 2 heterocycles. The molecule has 7 nitrogen and oxygen atoms in total. The molecule has 0 bridgehead atoms. The molecule has 2 N–H and O–H groups in total. The number of carbonyl (C=O) groups is 1. The van der Waals surface area contributed by atoms with Gasteiger partial charge in [0, 0.05) is 45.8 Å². The lowest BCUT2D eigenvalue weighted by molar-refractivity contribution is -0.121. The van der Waals surface area contributed by atoms with Gasteiger partial charge in [0.2, 0.25) is 0 Å². The monoisotopic (exact) mass is 401 g/mol. The maximum absolute atomic E-state index is 12.2. The topological polar surface area (TPSA) is 69.2 Å². The van der Waals surface area contributed by atoms with E-state index in [1.54, 1.807) is 0 Å². The molecular formula is C22H35N5O2. The minimum atomic E-state index is 0.0133. The second kappa shape index (κ2) is 10.5. The lowest BCUT2D eigenvalue weighted by Gasteiger charge is -2.34. The minimum absolute atomic E-state index is 0.0133. The molecule has 0 unspecified atom stereocenters. The highest BCUT2D eigenvalue weighted by atomic mass is 16.5. The fourth-order valence-corrected chi connectivity index (χ4v) is 4.01. The third-order valence-corrected chi connectivity index (χ3v) is 5.43. The van der Waals surface area contributed by atoms with E-state index in [1.807, 2.05) is 36.2 Å². The van der Waals surface area contributed by atoms with Crippen LogP contribution in [0.15, 0.2) is 29.3 Å². The predicted molar refractivity (Wildman–Crippen MR) is 118 cm³/mol. The Morgan fingerprint density at radius 2 is 2.03 bits per heavy atom. The predicted octanol–water partition coefficient (Wildman–Crippen LogP) is 2.09. The molecule has 0 aliphatic carbocycles. The summed E-state index contributed by atoms with van der Waals surface area (Å²) in [6.07, 6.45) is 3.13. The molecule has 1 amide bonds. The second-order valence-electron chi connectivity index (χ2n) is 8.27. The van der Waals surface area contributed by atoms with Crippen molar-refractivity contribution in [1.29, 1.82) is 0 Å². The number of ether oxygens (including phenoxy) is 1. The lowest BCUT2D eigenvalue weighted by Crippen LogP contribution is -2.49. The van der Waals surface area contributed by atoms with E-state index in [0.29, 0.717) is 12.6 Å². The minimum Gasteiger partial charge on any atom is -0.482 e. The summed E-state index contributed by atoms with van der Waals surface area (Å²) in [6.45, 7) is 9.57. The van der Waals surface area contributed by atoms with Crippen molar-refractivity contribution in [2.75, 3.05) is 51.3 Å². The third kappa shape index (κ3) is 6.10. The normalized spacial score (nSPS) is 18.6. The Labute approximate surface area is 174 Å².